The molecule has 4 aromatic rings. The molecule has 2 heterocycles. The Morgan fingerprint density at radius 3 is 2.30 bits per heavy atom. The van der Waals surface area contributed by atoms with E-state index in [-0.39, 0.29) is 51.3 Å². The SMILES string of the molecule is COc1cc(Cc2cc(F)cc3c2c(=O)n(OC(CF)CF)c(=O)n3C2CCCCN2C=O)ccc1OCc1cc(F)cc(F)c1. The van der Waals surface area contributed by atoms with Gasteiger partial charge in [0.1, 0.15) is 43.6 Å². The minimum atomic E-state index is -1.76. The van der Waals surface area contributed by atoms with Crippen molar-refractivity contribution in [2.45, 2.75) is 44.6 Å². The molecule has 1 aliphatic rings. The number of likely N-dealkylation sites (tertiary alicyclic amines) is 1. The molecule has 1 amide bonds. The molecule has 0 bridgehead atoms. The van der Waals surface area contributed by atoms with Gasteiger partial charge in [0, 0.05) is 12.6 Å². The smallest absolute Gasteiger partial charge is 0.366 e. The first kappa shape index (κ1) is 32.5. The van der Waals surface area contributed by atoms with Crippen LogP contribution in [0.15, 0.2) is 58.1 Å². The standard InChI is InChI=1S/C32H30F5N3O6/c1-44-28-11-19(5-6-27(28)45-17-20-9-22(35)13-23(36)10-20)8-21-12-24(37)14-26-30(21)31(42)40(46-25(15-33)16-34)32(43)39(26)29-4-2-3-7-38(29)18-41/h5-6,9-14,18,25,29H,2-4,7-8,15-17H2,1H3. The number of aromatic nitrogens is 2. The molecule has 244 valence electrons. The second-order valence-electron chi connectivity index (χ2n) is 10.8. The predicted molar refractivity (Wildman–Crippen MR) is 157 cm³/mol. The number of hydrogen-bond donors (Lipinski definition) is 0. The van der Waals surface area contributed by atoms with Gasteiger partial charge >= 0.3 is 5.69 Å². The van der Waals surface area contributed by atoms with Crippen molar-refractivity contribution in [3.05, 3.63) is 104 Å². The summed E-state index contributed by atoms with van der Waals surface area (Å²) in [5.74, 6) is -1.83. The van der Waals surface area contributed by atoms with Crippen molar-refractivity contribution < 1.29 is 41.1 Å². The molecular weight excluding hydrogens is 617 g/mol. The zero-order valence-corrected chi connectivity index (χ0v) is 24.7. The van der Waals surface area contributed by atoms with Crippen molar-refractivity contribution in [2.75, 3.05) is 27.0 Å². The summed E-state index contributed by atoms with van der Waals surface area (Å²) in [5, 5.41) is -0.152. The zero-order chi connectivity index (χ0) is 33.0. The number of fused-ring (bicyclic) bond motifs is 1. The van der Waals surface area contributed by atoms with Crippen LogP contribution >= 0.6 is 0 Å². The highest BCUT2D eigenvalue weighted by Gasteiger charge is 2.29. The average molecular weight is 648 g/mol. The summed E-state index contributed by atoms with van der Waals surface area (Å²) in [7, 11) is 1.37. The second kappa shape index (κ2) is 14.0. The molecular formula is C32H30F5N3O6. The number of hydrogen-bond acceptors (Lipinski definition) is 6. The number of nitrogens with zero attached hydrogens (tertiary/aromatic N) is 3. The van der Waals surface area contributed by atoms with Gasteiger partial charge in [-0.3, -0.25) is 14.2 Å². The number of amides is 1. The van der Waals surface area contributed by atoms with Gasteiger partial charge in [0.25, 0.3) is 5.56 Å². The second-order valence-corrected chi connectivity index (χ2v) is 10.8. The van der Waals surface area contributed by atoms with Crippen molar-refractivity contribution in [1.82, 2.24) is 14.2 Å². The first-order valence-corrected chi connectivity index (χ1v) is 14.4. The van der Waals surface area contributed by atoms with Crippen LogP contribution in [-0.4, -0.2) is 53.7 Å². The Morgan fingerprint density at radius 2 is 1.63 bits per heavy atom. The number of rotatable bonds is 12. The Balaban J connectivity index is 1.59. The Kier molecular flexibility index (Phi) is 9.93. The van der Waals surface area contributed by atoms with E-state index in [9.17, 15) is 31.9 Å². The molecule has 1 aliphatic heterocycles. The lowest BCUT2D eigenvalue weighted by Crippen LogP contribution is -2.51. The van der Waals surface area contributed by atoms with E-state index in [0.29, 0.717) is 37.8 Å². The molecule has 0 radical (unpaired) electrons. The van der Waals surface area contributed by atoms with Crippen molar-refractivity contribution in [3.63, 3.8) is 0 Å². The third-order valence-electron chi connectivity index (χ3n) is 7.68. The van der Waals surface area contributed by atoms with Crippen LogP contribution in [0.4, 0.5) is 22.0 Å². The Hall–Kier alpha value is -4.88. The number of alkyl halides is 2. The number of ether oxygens (including phenoxy) is 2. The van der Waals surface area contributed by atoms with Crippen molar-refractivity contribution >= 4 is 17.3 Å². The van der Waals surface area contributed by atoms with Crippen LogP contribution < -0.4 is 25.6 Å². The van der Waals surface area contributed by atoms with Gasteiger partial charge in [-0.25, -0.2) is 26.7 Å². The quantitative estimate of drug-likeness (QED) is 0.165. The molecule has 1 saturated heterocycles. The maximum Gasteiger partial charge on any atom is 0.366 e. The first-order chi connectivity index (χ1) is 22.2. The summed E-state index contributed by atoms with van der Waals surface area (Å²) in [6.07, 6.45) is -0.627. The third-order valence-corrected chi connectivity index (χ3v) is 7.68. The predicted octanol–water partition coefficient (Wildman–Crippen LogP) is 4.64. The van der Waals surface area contributed by atoms with Crippen molar-refractivity contribution in [2.24, 2.45) is 0 Å². The molecule has 1 aromatic heterocycles. The number of carbonyl (C=O) groups is 1. The molecule has 1 atom stereocenters. The topological polar surface area (TPSA) is 92.0 Å². The summed E-state index contributed by atoms with van der Waals surface area (Å²) in [6.45, 7) is -2.54. The van der Waals surface area contributed by atoms with E-state index in [1.807, 2.05) is 0 Å². The summed E-state index contributed by atoms with van der Waals surface area (Å²) in [6, 6.07) is 9.77. The lowest BCUT2D eigenvalue weighted by molar-refractivity contribution is -0.123. The van der Waals surface area contributed by atoms with Crippen molar-refractivity contribution in [3.8, 4) is 11.5 Å². The number of halogens is 5. The fraction of sp³-hybridized carbons (Fsp3) is 0.344. The summed E-state index contributed by atoms with van der Waals surface area (Å²) in [4.78, 5) is 45.8. The Morgan fingerprint density at radius 1 is 0.913 bits per heavy atom. The molecule has 9 nitrogen and oxygen atoms in total. The molecule has 0 saturated carbocycles. The van der Waals surface area contributed by atoms with E-state index in [1.54, 1.807) is 12.1 Å². The van der Waals surface area contributed by atoms with Crippen LogP contribution in [0.3, 0.4) is 0 Å². The monoisotopic (exact) mass is 647 g/mol. The molecule has 3 aromatic carbocycles. The largest absolute Gasteiger partial charge is 0.493 e. The minimum absolute atomic E-state index is 0.0782. The van der Waals surface area contributed by atoms with Gasteiger partial charge in [-0.15, -0.1) is 0 Å². The average Bonchev–Trinajstić information content (AvgIpc) is 3.03. The molecule has 5 rings (SSSR count). The number of carbonyl (C=O) groups excluding carboxylic acids is 1. The third kappa shape index (κ3) is 6.70. The van der Waals surface area contributed by atoms with Crippen LogP contribution in [0.25, 0.3) is 10.9 Å². The number of methoxy groups -OCH3 is 1. The summed E-state index contributed by atoms with van der Waals surface area (Å²) < 4.78 is 81.7. The van der Waals surface area contributed by atoms with Gasteiger partial charge in [-0.05, 0) is 78.8 Å². The zero-order valence-electron chi connectivity index (χ0n) is 24.7. The van der Waals surface area contributed by atoms with Crippen LogP contribution in [0, 0.1) is 17.5 Å². The van der Waals surface area contributed by atoms with E-state index >= 15 is 4.39 Å². The van der Waals surface area contributed by atoms with Gasteiger partial charge < -0.3 is 19.2 Å². The fourth-order valence-electron chi connectivity index (χ4n) is 5.59. The van der Waals surface area contributed by atoms with E-state index < -0.39 is 54.3 Å². The first-order valence-electron chi connectivity index (χ1n) is 14.4. The molecule has 46 heavy (non-hydrogen) atoms. The lowest BCUT2D eigenvalue weighted by atomic mass is 10.00. The Labute approximate surface area is 259 Å². The van der Waals surface area contributed by atoms with Crippen LogP contribution in [-0.2, 0) is 17.8 Å². The highest BCUT2D eigenvalue weighted by atomic mass is 19.1. The van der Waals surface area contributed by atoms with Gasteiger partial charge in [-0.2, -0.15) is 0 Å². The molecule has 0 spiro atoms. The maximum absolute atomic E-state index is 15.2. The Bertz CT molecular complexity index is 1840. The van der Waals surface area contributed by atoms with Crippen molar-refractivity contribution in [1.29, 1.82) is 0 Å². The van der Waals surface area contributed by atoms with E-state index in [1.165, 1.54) is 18.1 Å². The lowest BCUT2D eigenvalue weighted by Gasteiger charge is -2.35. The van der Waals surface area contributed by atoms with Gasteiger partial charge in [0.2, 0.25) is 6.41 Å². The van der Waals surface area contributed by atoms with E-state index in [0.717, 1.165) is 34.9 Å². The van der Waals surface area contributed by atoms with E-state index in [4.69, 9.17) is 14.3 Å². The fourth-order valence-corrected chi connectivity index (χ4v) is 5.59. The highest BCUT2D eigenvalue weighted by Crippen LogP contribution is 2.32. The molecule has 1 fully saturated rings. The van der Waals surface area contributed by atoms with Gasteiger partial charge in [0.05, 0.1) is 18.0 Å². The minimum Gasteiger partial charge on any atom is -0.493 e. The highest BCUT2D eigenvalue weighted by molar-refractivity contribution is 5.82. The van der Waals surface area contributed by atoms with Gasteiger partial charge in [-0.1, -0.05) is 10.8 Å². The molecule has 0 N–H and O–H groups in total. The van der Waals surface area contributed by atoms with Crippen LogP contribution in [0.1, 0.15) is 42.1 Å². The number of piperidine rings is 1. The van der Waals surface area contributed by atoms with Crippen LogP contribution in [0.2, 0.25) is 0 Å². The molecule has 0 aliphatic carbocycles. The summed E-state index contributed by atoms with van der Waals surface area (Å²) in [5.41, 5.74) is -1.41. The van der Waals surface area contributed by atoms with E-state index in [2.05, 4.69) is 0 Å². The molecule has 1 unspecified atom stereocenters. The molecule has 14 heteroatoms. The maximum atomic E-state index is 15.2. The number of benzene rings is 3. The van der Waals surface area contributed by atoms with Crippen LogP contribution in [0.5, 0.6) is 11.5 Å². The van der Waals surface area contributed by atoms with Gasteiger partial charge in [0.15, 0.2) is 17.6 Å². The normalized spacial score (nSPS) is 14.9. The summed E-state index contributed by atoms with van der Waals surface area (Å²) >= 11 is 0.